The fourth-order valence-corrected chi connectivity index (χ4v) is 3.13. The van der Waals surface area contributed by atoms with Gasteiger partial charge in [-0.3, -0.25) is 4.79 Å². The summed E-state index contributed by atoms with van der Waals surface area (Å²) in [6, 6.07) is 6.31. The van der Waals surface area contributed by atoms with E-state index in [2.05, 4.69) is 0 Å². The average Bonchev–Trinajstić information content (AvgIpc) is 2.87. The molecule has 114 valence electrons. The van der Waals surface area contributed by atoms with E-state index in [1.807, 2.05) is 24.3 Å². The number of nitrogens with zero attached hydrogens (tertiary/aromatic N) is 1. The maximum atomic E-state index is 12.2. The van der Waals surface area contributed by atoms with Crippen molar-refractivity contribution in [3.05, 3.63) is 24.3 Å². The summed E-state index contributed by atoms with van der Waals surface area (Å²) in [5.74, 6) is -0.297. The lowest BCUT2D eigenvalue weighted by Gasteiger charge is -2.21. The number of hydrogen-bond acceptors (Lipinski definition) is 5. The Morgan fingerprint density at radius 2 is 2.29 bits per heavy atom. The van der Waals surface area contributed by atoms with Crippen molar-refractivity contribution in [3.8, 4) is 5.75 Å². The Kier molecular flexibility index (Phi) is 5.08. The predicted octanol–water partition coefficient (Wildman–Crippen LogP) is 0.800. The summed E-state index contributed by atoms with van der Waals surface area (Å²) in [4.78, 5) is 25.6. The number of rotatable bonds is 5. The molecule has 0 aromatic heterocycles. The molecule has 1 aromatic carbocycles. The Morgan fingerprint density at radius 1 is 1.52 bits per heavy atom. The fraction of sp³-hybridized carbons (Fsp3) is 0.429. The summed E-state index contributed by atoms with van der Waals surface area (Å²) in [6.07, 6.45) is 0.310. The quantitative estimate of drug-likeness (QED) is 0.782. The summed E-state index contributed by atoms with van der Waals surface area (Å²) >= 11 is 1.35. The number of aliphatic carboxylic acids is 1. The van der Waals surface area contributed by atoms with E-state index in [1.165, 1.54) is 16.7 Å². The minimum Gasteiger partial charge on any atom is -0.497 e. The Labute approximate surface area is 127 Å². The summed E-state index contributed by atoms with van der Waals surface area (Å²) < 4.78 is 5.12. The lowest BCUT2D eigenvalue weighted by atomic mass is 10.2. The standard InChI is InChI=1S/C14H18N2O4S/c1-20-10-3-2-4-11(6-10)21-8-13(17)16-7-9(15)5-12(16)14(18)19/h2-4,6,9,12H,5,7-8,15H2,1H3,(H,18,19)/t9-,12-/m0/s1. The lowest BCUT2D eigenvalue weighted by molar-refractivity contribution is -0.147. The molecule has 0 aliphatic carbocycles. The van der Waals surface area contributed by atoms with E-state index in [-0.39, 0.29) is 17.7 Å². The van der Waals surface area contributed by atoms with E-state index in [1.54, 1.807) is 7.11 Å². The van der Waals surface area contributed by atoms with Crippen LogP contribution >= 0.6 is 11.8 Å². The Bertz CT molecular complexity index is 537. The summed E-state index contributed by atoms with van der Waals surface area (Å²) in [7, 11) is 1.58. The van der Waals surface area contributed by atoms with E-state index in [0.29, 0.717) is 13.0 Å². The Balaban J connectivity index is 1.96. The van der Waals surface area contributed by atoms with Crippen molar-refractivity contribution in [1.29, 1.82) is 0 Å². The van der Waals surface area contributed by atoms with Gasteiger partial charge in [0.2, 0.25) is 5.91 Å². The zero-order valence-electron chi connectivity index (χ0n) is 11.7. The number of carbonyl (C=O) groups is 2. The molecule has 21 heavy (non-hydrogen) atoms. The van der Waals surface area contributed by atoms with Crippen LogP contribution in [0.5, 0.6) is 5.75 Å². The normalized spacial score (nSPS) is 21.3. The van der Waals surface area contributed by atoms with Gasteiger partial charge in [0.05, 0.1) is 12.9 Å². The van der Waals surface area contributed by atoms with Gasteiger partial charge in [0.25, 0.3) is 0 Å². The molecule has 2 rings (SSSR count). The van der Waals surface area contributed by atoms with Crippen LogP contribution < -0.4 is 10.5 Å². The molecule has 1 aromatic rings. The van der Waals surface area contributed by atoms with Gasteiger partial charge in [-0.15, -0.1) is 11.8 Å². The highest BCUT2D eigenvalue weighted by atomic mass is 32.2. The molecule has 0 saturated carbocycles. The zero-order valence-corrected chi connectivity index (χ0v) is 12.5. The van der Waals surface area contributed by atoms with Crippen molar-refractivity contribution in [2.24, 2.45) is 5.73 Å². The number of amides is 1. The molecule has 7 heteroatoms. The van der Waals surface area contributed by atoms with Crippen molar-refractivity contribution in [2.45, 2.75) is 23.4 Å². The number of likely N-dealkylation sites (tertiary alicyclic amines) is 1. The highest BCUT2D eigenvalue weighted by Gasteiger charge is 2.37. The molecule has 6 nitrogen and oxygen atoms in total. The van der Waals surface area contributed by atoms with Gasteiger partial charge in [0, 0.05) is 17.5 Å². The maximum Gasteiger partial charge on any atom is 0.326 e. The zero-order chi connectivity index (χ0) is 15.4. The van der Waals surface area contributed by atoms with Crippen LogP contribution in [-0.4, -0.2) is 53.4 Å². The third-order valence-corrected chi connectivity index (χ3v) is 4.32. The first-order valence-electron chi connectivity index (χ1n) is 6.56. The molecule has 0 radical (unpaired) electrons. The van der Waals surface area contributed by atoms with Gasteiger partial charge >= 0.3 is 5.97 Å². The van der Waals surface area contributed by atoms with Crippen LogP contribution in [-0.2, 0) is 9.59 Å². The van der Waals surface area contributed by atoms with Crippen LogP contribution in [0.4, 0.5) is 0 Å². The molecule has 0 bridgehead atoms. The number of carboxylic acids is 1. The topological polar surface area (TPSA) is 92.9 Å². The number of carbonyl (C=O) groups excluding carboxylic acids is 1. The molecule has 1 fully saturated rings. The molecule has 1 amide bonds. The van der Waals surface area contributed by atoms with E-state index in [9.17, 15) is 9.59 Å². The summed E-state index contributed by atoms with van der Waals surface area (Å²) in [6.45, 7) is 0.300. The highest BCUT2D eigenvalue weighted by molar-refractivity contribution is 8.00. The second-order valence-corrected chi connectivity index (χ2v) is 5.91. The monoisotopic (exact) mass is 310 g/mol. The summed E-state index contributed by atoms with van der Waals surface area (Å²) in [5, 5.41) is 9.13. The summed E-state index contributed by atoms with van der Waals surface area (Å²) in [5.41, 5.74) is 5.76. The number of ether oxygens (including phenoxy) is 1. The first kappa shape index (κ1) is 15.7. The smallest absolute Gasteiger partial charge is 0.326 e. The van der Waals surface area contributed by atoms with Crippen molar-refractivity contribution >= 4 is 23.6 Å². The van der Waals surface area contributed by atoms with Gasteiger partial charge in [-0.1, -0.05) is 6.07 Å². The van der Waals surface area contributed by atoms with Crippen LogP contribution in [0.1, 0.15) is 6.42 Å². The molecular formula is C14H18N2O4S. The molecule has 0 unspecified atom stereocenters. The van der Waals surface area contributed by atoms with Crippen molar-refractivity contribution in [3.63, 3.8) is 0 Å². The third kappa shape index (κ3) is 3.89. The maximum absolute atomic E-state index is 12.2. The van der Waals surface area contributed by atoms with Crippen molar-refractivity contribution < 1.29 is 19.4 Å². The second-order valence-electron chi connectivity index (χ2n) is 4.86. The molecule has 0 spiro atoms. The number of hydrogen-bond donors (Lipinski definition) is 2. The van der Waals surface area contributed by atoms with Gasteiger partial charge in [0.1, 0.15) is 11.8 Å². The largest absolute Gasteiger partial charge is 0.497 e. The Hall–Kier alpha value is -1.73. The Morgan fingerprint density at radius 3 is 2.95 bits per heavy atom. The number of nitrogens with two attached hydrogens (primary N) is 1. The average molecular weight is 310 g/mol. The molecular weight excluding hydrogens is 292 g/mol. The van der Waals surface area contributed by atoms with Crippen LogP contribution in [0.15, 0.2) is 29.2 Å². The predicted molar refractivity (Wildman–Crippen MR) is 79.4 cm³/mol. The van der Waals surface area contributed by atoms with Crippen molar-refractivity contribution in [2.75, 3.05) is 19.4 Å². The lowest BCUT2D eigenvalue weighted by Crippen LogP contribution is -2.41. The van der Waals surface area contributed by atoms with E-state index in [0.717, 1.165) is 10.6 Å². The molecule has 1 aliphatic heterocycles. The molecule has 2 atom stereocenters. The van der Waals surface area contributed by atoms with Crippen LogP contribution in [0.25, 0.3) is 0 Å². The minimum atomic E-state index is -0.998. The minimum absolute atomic E-state index is 0.184. The van der Waals surface area contributed by atoms with E-state index in [4.69, 9.17) is 15.6 Å². The molecule has 3 N–H and O–H groups in total. The van der Waals surface area contributed by atoms with E-state index < -0.39 is 12.0 Å². The number of benzene rings is 1. The third-order valence-electron chi connectivity index (χ3n) is 3.34. The van der Waals surface area contributed by atoms with Gasteiger partial charge in [-0.05, 0) is 24.6 Å². The second kappa shape index (κ2) is 6.82. The SMILES string of the molecule is COc1cccc(SCC(=O)N2C[C@@H](N)C[C@H]2C(=O)O)c1. The fourth-order valence-electron chi connectivity index (χ4n) is 2.30. The first-order valence-corrected chi connectivity index (χ1v) is 7.54. The van der Waals surface area contributed by atoms with Crippen LogP contribution in [0.3, 0.4) is 0 Å². The van der Waals surface area contributed by atoms with E-state index >= 15 is 0 Å². The number of thioether (sulfide) groups is 1. The highest BCUT2D eigenvalue weighted by Crippen LogP contribution is 2.24. The first-order chi connectivity index (χ1) is 10.0. The van der Waals surface area contributed by atoms with Crippen LogP contribution in [0, 0.1) is 0 Å². The van der Waals surface area contributed by atoms with Gasteiger partial charge in [-0.25, -0.2) is 4.79 Å². The van der Waals surface area contributed by atoms with Gasteiger partial charge in [-0.2, -0.15) is 0 Å². The number of methoxy groups -OCH3 is 1. The molecule has 1 heterocycles. The number of carboxylic acid groups (broad SMARTS) is 1. The van der Waals surface area contributed by atoms with Gasteiger partial charge < -0.3 is 20.5 Å². The van der Waals surface area contributed by atoms with Crippen LogP contribution in [0.2, 0.25) is 0 Å². The van der Waals surface area contributed by atoms with Gasteiger partial charge in [0.15, 0.2) is 0 Å². The molecule has 1 saturated heterocycles. The van der Waals surface area contributed by atoms with Crippen molar-refractivity contribution in [1.82, 2.24) is 4.90 Å². The molecule has 1 aliphatic rings.